The fourth-order valence-corrected chi connectivity index (χ4v) is 0.755. The molecule has 0 aliphatic heterocycles. The number of hydrogen-bond acceptors (Lipinski definition) is 0. The number of benzene rings is 1. The summed E-state index contributed by atoms with van der Waals surface area (Å²) in [5.41, 5.74) is 0. The summed E-state index contributed by atoms with van der Waals surface area (Å²) in [5.74, 6) is -1.61. The van der Waals surface area contributed by atoms with E-state index in [1.54, 1.807) is 0 Å². The van der Waals surface area contributed by atoms with E-state index in [0.29, 0.717) is 5.30 Å². The Morgan fingerprint density at radius 3 is 2.22 bits per heavy atom. The Kier molecular flexibility index (Phi) is 1.77. The summed E-state index contributed by atoms with van der Waals surface area (Å²) in [4.78, 5) is 0. The van der Waals surface area contributed by atoms with E-state index in [1.165, 1.54) is 6.07 Å². The predicted octanol–water partition coefficient (Wildman–Crippen LogP) is 1.47. The molecule has 0 bridgehead atoms. The van der Waals surface area contributed by atoms with Crippen LogP contribution in [0.4, 0.5) is 8.78 Å². The van der Waals surface area contributed by atoms with Gasteiger partial charge in [0.15, 0.2) is 11.6 Å². The van der Waals surface area contributed by atoms with Gasteiger partial charge >= 0.3 is 0 Å². The molecule has 0 radical (unpaired) electrons. The van der Waals surface area contributed by atoms with Crippen LogP contribution in [0.25, 0.3) is 0 Å². The third kappa shape index (κ3) is 1.46. The van der Waals surface area contributed by atoms with Gasteiger partial charge in [-0.25, -0.2) is 8.78 Å². The Bertz CT molecular complexity index is 222. The number of hydrogen-bond donors (Lipinski definition) is 0. The van der Waals surface area contributed by atoms with Crippen LogP contribution in [-0.4, -0.2) is 0 Å². The summed E-state index contributed by atoms with van der Waals surface area (Å²) in [6, 6.07) is 3.71. The van der Waals surface area contributed by atoms with Gasteiger partial charge in [0.2, 0.25) is 0 Å². The zero-order chi connectivity index (χ0) is 6.85. The summed E-state index contributed by atoms with van der Waals surface area (Å²) < 4.78 is 24.3. The molecular weight excluding hydrogens is 141 g/mol. The van der Waals surface area contributed by atoms with Crippen LogP contribution >= 0.6 is 9.24 Å². The Morgan fingerprint density at radius 1 is 1.11 bits per heavy atom. The highest BCUT2D eigenvalue weighted by Crippen LogP contribution is 2.02. The standard InChI is InChI=1S/C6H5F2P/c7-5-2-1-4(9)3-6(5)8/h1-3H,9H2. The van der Waals surface area contributed by atoms with Crippen LogP contribution in [0.3, 0.4) is 0 Å². The van der Waals surface area contributed by atoms with E-state index < -0.39 is 11.6 Å². The molecule has 3 heteroatoms. The highest BCUT2D eigenvalue weighted by atomic mass is 31.0. The molecule has 1 atom stereocenters. The normalized spacial score (nSPS) is 9.67. The van der Waals surface area contributed by atoms with E-state index in [-0.39, 0.29) is 0 Å². The molecule has 48 valence electrons. The highest BCUT2D eigenvalue weighted by Gasteiger charge is 1.97. The fraction of sp³-hybridized carbons (Fsp3) is 0. The van der Waals surface area contributed by atoms with Crippen LogP contribution in [-0.2, 0) is 0 Å². The van der Waals surface area contributed by atoms with Crippen molar-refractivity contribution in [1.82, 2.24) is 0 Å². The smallest absolute Gasteiger partial charge is 0.159 e. The van der Waals surface area contributed by atoms with E-state index >= 15 is 0 Å². The van der Waals surface area contributed by atoms with E-state index in [9.17, 15) is 8.78 Å². The van der Waals surface area contributed by atoms with Gasteiger partial charge in [-0.05, 0) is 17.4 Å². The average Bonchev–Trinajstić information content (AvgIpc) is 1.80. The van der Waals surface area contributed by atoms with Crippen molar-refractivity contribution < 1.29 is 8.78 Å². The third-order valence-electron chi connectivity index (χ3n) is 0.944. The predicted molar refractivity (Wildman–Crippen MR) is 35.7 cm³/mol. The first-order chi connectivity index (χ1) is 4.20. The minimum Gasteiger partial charge on any atom is -0.204 e. The van der Waals surface area contributed by atoms with Crippen molar-refractivity contribution in [3.05, 3.63) is 29.8 Å². The summed E-state index contributed by atoms with van der Waals surface area (Å²) in [6.45, 7) is 0. The lowest BCUT2D eigenvalue weighted by atomic mass is 10.3. The molecule has 1 aromatic rings. The maximum absolute atomic E-state index is 12.2. The Morgan fingerprint density at radius 2 is 1.78 bits per heavy atom. The lowest BCUT2D eigenvalue weighted by Crippen LogP contribution is -1.93. The zero-order valence-electron chi connectivity index (χ0n) is 4.57. The molecule has 0 aliphatic rings. The molecule has 0 N–H and O–H groups in total. The molecule has 0 aromatic heterocycles. The molecule has 0 saturated heterocycles. The van der Waals surface area contributed by atoms with Gasteiger partial charge in [-0.3, -0.25) is 0 Å². The van der Waals surface area contributed by atoms with Gasteiger partial charge in [-0.15, -0.1) is 9.24 Å². The molecular formula is C6H5F2P. The molecule has 1 rings (SSSR count). The van der Waals surface area contributed by atoms with Gasteiger partial charge < -0.3 is 0 Å². The average molecular weight is 146 g/mol. The fourth-order valence-electron chi connectivity index (χ4n) is 0.512. The van der Waals surface area contributed by atoms with Crippen molar-refractivity contribution in [2.75, 3.05) is 0 Å². The number of halogens is 2. The first-order valence-corrected chi connectivity index (χ1v) is 2.98. The van der Waals surface area contributed by atoms with Crippen molar-refractivity contribution in [1.29, 1.82) is 0 Å². The molecule has 1 aromatic carbocycles. The first kappa shape index (κ1) is 6.63. The highest BCUT2D eigenvalue weighted by molar-refractivity contribution is 7.27. The molecule has 0 saturated carbocycles. The maximum Gasteiger partial charge on any atom is 0.159 e. The molecule has 0 spiro atoms. The van der Waals surface area contributed by atoms with Crippen LogP contribution in [0.1, 0.15) is 0 Å². The molecule has 0 nitrogen and oxygen atoms in total. The Hall–Kier alpha value is -0.490. The van der Waals surface area contributed by atoms with Gasteiger partial charge in [0.25, 0.3) is 0 Å². The van der Waals surface area contributed by atoms with Crippen molar-refractivity contribution in [3.8, 4) is 0 Å². The maximum atomic E-state index is 12.2. The van der Waals surface area contributed by atoms with Crippen molar-refractivity contribution in [3.63, 3.8) is 0 Å². The molecule has 1 unspecified atom stereocenters. The molecule has 0 aliphatic carbocycles. The van der Waals surface area contributed by atoms with Crippen molar-refractivity contribution in [2.45, 2.75) is 0 Å². The summed E-state index contributed by atoms with van der Waals surface area (Å²) in [7, 11) is 2.28. The van der Waals surface area contributed by atoms with Crippen LogP contribution in [0, 0.1) is 11.6 Å². The van der Waals surface area contributed by atoms with Crippen molar-refractivity contribution in [2.24, 2.45) is 0 Å². The van der Waals surface area contributed by atoms with Gasteiger partial charge in [0.1, 0.15) is 0 Å². The topological polar surface area (TPSA) is 0 Å². The van der Waals surface area contributed by atoms with Crippen LogP contribution in [0.5, 0.6) is 0 Å². The molecule has 9 heavy (non-hydrogen) atoms. The minimum atomic E-state index is -0.804. The van der Waals surface area contributed by atoms with Crippen LogP contribution in [0.2, 0.25) is 0 Å². The monoisotopic (exact) mass is 146 g/mol. The van der Waals surface area contributed by atoms with Gasteiger partial charge in [0.05, 0.1) is 0 Å². The van der Waals surface area contributed by atoms with Crippen LogP contribution < -0.4 is 5.30 Å². The lowest BCUT2D eigenvalue weighted by molar-refractivity contribution is 0.509. The van der Waals surface area contributed by atoms with Crippen LogP contribution in [0.15, 0.2) is 18.2 Å². The Labute approximate surface area is 54.1 Å². The van der Waals surface area contributed by atoms with Gasteiger partial charge in [0, 0.05) is 0 Å². The quantitative estimate of drug-likeness (QED) is 0.486. The lowest BCUT2D eigenvalue weighted by Gasteiger charge is -1.91. The van der Waals surface area contributed by atoms with E-state index in [0.717, 1.165) is 12.1 Å². The number of rotatable bonds is 0. The second kappa shape index (κ2) is 2.40. The van der Waals surface area contributed by atoms with Gasteiger partial charge in [-0.1, -0.05) is 6.07 Å². The summed E-state index contributed by atoms with van der Waals surface area (Å²) in [5, 5.41) is 0.647. The van der Waals surface area contributed by atoms with E-state index in [4.69, 9.17) is 0 Å². The third-order valence-corrected chi connectivity index (χ3v) is 1.30. The molecule has 0 heterocycles. The first-order valence-electron chi connectivity index (χ1n) is 2.40. The second-order valence-electron chi connectivity index (χ2n) is 1.67. The SMILES string of the molecule is Fc1ccc(P)cc1F. The second-order valence-corrected chi connectivity index (χ2v) is 2.34. The van der Waals surface area contributed by atoms with E-state index in [1.807, 2.05) is 0 Å². The zero-order valence-corrected chi connectivity index (χ0v) is 5.72. The molecule has 0 fully saturated rings. The summed E-state index contributed by atoms with van der Waals surface area (Å²) >= 11 is 0. The van der Waals surface area contributed by atoms with E-state index in [2.05, 4.69) is 9.24 Å². The Balaban J connectivity index is 3.17. The van der Waals surface area contributed by atoms with Crippen molar-refractivity contribution >= 4 is 14.5 Å². The summed E-state index contributed by atoms with van der Waals surface area (Å²) in [6.07, 6.45) is 0. The minimum absolute atomic E-state index is 0.647. The largest absolute Gasteiger partial charge is 0.204 e. The van der Waals surface area contributed by atoms with Gasteiger partial charge in [-0.2, -0.15) is 0 Å². The molecule has 0 amide bonds.